The number of rotatable bonds is 4. The van der Waals surface area contributed by atoms with Gasteiger partial charge in [-0.05, 0) is 30.4 Å². The van der Waals surface area contributed by atoms with Crippen molar-refractivity contribution in [3.63, 3.8) is 0 Å². The number of esters is 1. The lowest BCUT2D eigenvalue weighted by Gasteiger charge is -2.08. The van der Waals surface area contributed by atoms with E-state index in [-0.39, 0.29) is 11.5 Å². The van der Waals surface area contributed by atoms with Crippen LogP contribution in [0.15, 0.2) is 24.3 Å². The lowest BCUT2D eigenvalue weighted by atomic mass is 10.0. The molecule has 0 heterocycles. The number of hydrogen-bond acceptors (Lipinski definition) is 3. The van der Waals surface area contributed by atoms with Crippen LogP contribution in [0.4, 0.5) is 0 Å². The fraction of sp³-hybridized carbons (Fsp3) is 0.462. The minimum absolute atomic E-state index is 0.0455. The van der Waals surface area contributed by atoms with Gasteiger partial charge >= 0.3 is 5.97 Å². The summed E-state index contributed by atoms with van der Waals surface area (Å²) in [5.41, 5.74) is 8.32. The predicted molar refractivity (Wildman–Crippen MR) is 62.0 cm³/mol. The van der Waals surface area contributed by atoms with Gasteiger partial charge in [0.05, 0.1) is 13.5 Å². The molecule has 1 aliphatic rings. The second kappa shape index (κ2) is 4.26. The number of methoxy groups -OCH3 is 1. The zero-order valence-corrected chi connectivity index (χ0v) is 9.53. The highest BCUT2D eigenvalue weighted by atomic mass is 16.5. The fourth-order valence-corrected chi connectivity index (χ4v) is 1.76. The van der Waals surface area contributed by atoms with Gasteiger partial charge in [-0.25, -0.2) is 0 Å². The molecule has 1 saturated carbocycles. The SMILES string of the molecule is COC(=O)Cc1ccc(CC2(N)CC2)cc1. The first kappa shape index (κ1) is 11.1. The Morgan fingerprint density at radius 1 is 1.31 bits per heavy atom. The van der Waals surface area contributed by atoms with Crippen molar-refractivity contribution in [3.05, 3.63) is 35.4 Å². The van der Waals surface area contributed by atoms with Crippen LogP contribution in [0.5, 0.6) is 0 Å². The molecular weight excluding hydrogens is 202 g/mol. The van der Waals surface area contributed by atoms with Gasteiger partial charge in [0.1, 0.15) is 0 Å². The molecule has 3 nitrogen and oxygen atoms in total. The zero-order valence-electron chi connectivity index (χ0n) is 9.53. The van der Waals surface area contributed by atoms with E-state index in [9.17, 15) is 4.79 Å². The van der Waals surface area contributed by atoms with Gasteiger partial charge in [-0.3, -0.25) is 4.79 Å². The summed E-state index contributed by atoms with van der Waals surface area (Å²) >= 11 is 0. The standard InChI is InChI=1S/C13H17NO2/c1-16-12(15)8-10-2-4-11(5-3-10)9-13(14)6-7-13/h2-5H,6-9,14H2,1H3. The molecule has 1 aromatic carbocycles. The molecule has 1 aromatic rings. The molecule has 0 amide bonds. The zero-order chi connectivity index (χ0) is 11.6. The first-order valence-corrected chi connectivity index (χ1v) is 5.55. The van der Waals surface area contributed by atoms with Gasteiger partial charge < -0.3 is 10.5 Å². The Morgan fingerprint density at radius 3 is 2.38 bits per heavy atom. The summed E-state index contributed by atoms with van der Waals surface area (Å²) in [4.78, 5) is 11.1. The average molecular weight is 219 g/mol. The molecule has 0 unspecified atom stereocenters. The third-order valence-corrected chi connectivity index (χ3v) is 3.05. The lowest BCUT2D eigenvalue weighted by molar-refractivity contribution is -0.139. The van der Waals surface area contributed by atoms with Crippen LogP contribution in [-0.2, 0) is 22.4 Å². The molecular formula is C13H17NO2. The van der Waals surface area contributed by atoms with Gasteiger partial charge in [-0.2, -0.15) is 0 Å². The molecule has 0 radical (unpaired) electrons. The summed E-state index contributed by atoms with van der Waals surface area (Å²) in [5, 5.41) is 0. The van der Waals surface area contributed by atoms with Gasteiger partial charge in [-0.1, -0.05) is 24.3 Å². The first-order valence-electron chi connectivity index (χ1n) is 5.55. The van der Waals surface area contributed by atoms with Crippen molar-refractivity contribution in [3.8, 4) is 0 Å². The van der Waals surface area contributed by atoms with E-state index in [2.05, 4.69) is 4.74 Å². The number of ether oxygens (including phenoxy) is 1. The van der Waals surface area contributed by atoms with E-state index >= 15 is 0 Å². The van der Waals surface area contributed by atoms with Gasteiger partial charge in [-0.15, -0.1) is 0 Å². The number of hydrogen-bond donors (Lipinski definition) is 1. The molecule has 16 heavy (non-hydrogen) atoms. The number of nitrogens with two attached hydrogens (primary N) is 1. The molecule has 0 aliphatic heterocycles. The van der Waals surface area contributed by atoms with E-state index in [0.717, 1.165) is 24.8 Å². The quantitative estimate of drug-likeness (QED) is 0.779. The van der Waals surface area contributed by atoms with Gasteiger partial charge in [0.2, 0.25) is 0 Å². The summed E-state index contributed by atoms with van der Waals surface area (Å²) in [6, 6.07) is 8.03. The fourth-order valence-electron chi connectivity index (χ4n) is 1.76. The molecule has 86 valence electrons. The molecule has 0 spiro atoms. The highest BCUT2D eigenvalue weighted by Crippen LogP contribution is 2.35. The Morgan fingerprint density at radius 2 is 1.88 bits per heavy atom. The van der Waals surface area contributed by atoms with Crippen molar-refractivity contribution >= 4 is 5.97 Å². The van der Waals surface area contributed by atoms with E-state index in [1.54, 1.807) is 0 Å². The van der Waals surface area contributed by atoms with Crippen LogP contribution in [-0.4, -0.2) is 18.6 Å². The van der Waals surface area contributed by atoms with Crippen molar-refractivity contribution in [1.82, 2.24) is 0 Å². The number of carbonyl (C=O) groups is 1. The molecule has 2 N–H and O–H groups in total. The lowest BCUT2D eigenvalue weighted by Crippen LogP contribution is -2.24. The van der Waals surface area contributed by atoms with Crippen molar-refractivity contribution in [1.29, 1.82) is 0 Å². The van der Waals surface area contributed by atoms with Crippen molar-refractivity contribution in [2.45, 2.75) is 31.2 Å². The van der Waals surface area contributed by atoms with E-state index < -0.39 is 0 Å². The van der Waals surface area contributed by atoms with Gasteiger partial charge in [0.15, 0.2) is 0 Å². The largest absolute Gasteiger partial charge is 0.469 e. The smallest absolute Gasteiger partial charge is 0.309 e. The van der Waals surface area contributed by atoms with Crippen LogP contribution in [0, 0.1) is 0 Å². The number of benzene rings is 1. The van der Waals surface area contributed by atoms with E-state index in [4.69, 9.17) is 5.73 Å². The average Bonchev–Trinajstić information content (AvgIpc) is 2.99. The predicted octanol–water partition coefficient (Wildman–Crippen LogP) is 1.44. The van der Waals surface area contributed by atoms with Gasteiger partial charge in [0, 0.05) is 5.54 Å². The molecule has 0 bridgehead atoms. The summed E-state index contributed by atoms with van der Waals surface area (Å²) in [7, 11) is 1.40. The number of carbonyl (C=O) groups excluding carboxylic acids is 1. The van der Waals surface area contributed by atoms with Crippen LogP contribution >= 0.6 is 0 Å². The molecule has 0 aromatic heterocycles. The maximum absolute atomic E-state index is 11.1. The summed E-state index contributed by atoms with van der Waals surface area (Å²) in [6.07, 6.45) is 3.52. The van der Waals surface area contributed by atoms with Crippen LogP contribution in [0.25, 0.3) is 0 Å². The molecule has 3 heteroatoms. The van der Waals surface area contributed by atoms with Crippen LogP contribution in [0.1, 0.15) is 24.0 Å². The summed E-state index contributed by atoms with van der Waals surface area (Å²) in [5.74, 6) is -0.203. The van der Waals surface area contributed by atoms with E-state index in [1.807, 2.05) is 24.3 Å². The minimum Gasteiger partial charge on any atom is -0.469 e. The van der Waals surface area contributed by atoms with Crippen LogP contribution < -0.4 is 5.73 Å². The second-order valence-electron chi connectivity index (χ2n) is 4.61. The van der Waals surface area contributed by atoms with Crippen LogP contribution in [0.3, 0.4) is 0 Å². The van der Waals surface area contributed by atoms with E-state index in [0.29, 0.717) is 6.42 Å². The topological polar surface area (TPSA) is 52.3 Å². The maximum atomic E-state index is 11.1. The molecule has 2 rings (SSSR count). The highest BCUT2D eigenvalue weighted by Gasteiger charge is 2.37. The Bertz CT molecular complexity index is 379. The second-order valence-corrected chi connectivity index (χ2v) is 4.61. The molecule has 0 saturated heterocycles. The Balaban J connectivity index is 1.96. The highest BCUT2D eigenvalue weighted by molar-refractivity contribution is 5.72. The van der Waals surface area contributed by atoms with Crippen molar-refractivity contribution in [2.24, 2.45) is 5.73 Å². The first-order chi connectivity index (χ1) is 7.61. The Hall–Kier alpha value is -1.35. The third kappa shape index (κ3) is 2.83. The van der Waals surface area contributed by atoms with Crippen molar-refractivity contribution in [2.75, 3.05) is 7.11 Å². The summed E-state index contributed by atoms with van der Waals surface area (Å²) < 4.78 is 4.62. The molecule has 1 aliphatic carbocycles. The third-order valence-electron chi connectivity index (χ3n) is 3.05. The molecule has 0 atom stereocenters. The van der Waals surface area contributed by atoms with Crippen LogP contribution in [0.2, 0.25) is 0 Å². The van der Waals surface area contributed by atoms with Gasteiger partial charge in [0.25, 0.3) is 0 Å². The van der Waals surface area contributed by atoms with E-state index in [1.165, 1.54) is 12.7 Å². The molecule has 1 fully saturated rings. The monoisotopic (exact) mass is 219 g/mol. The summed E-state index contributed by atoms with van der Waals surface area (Å²) in [6.45, 7) is 0. The van der Waals surface area contributed by atoms with Crippen molar-refractivity contribution < 1.29 is 9.53 Å². The Kier molecular flexibility index (Phi) is 2.97. The normalized spacial score (nSPS) is 16.9. The maximum Gasteiger partial charge on any atom is 0.309 e. The Labute approximate surface area is 95.6 Å². The minimum atomic E-state index is -0.203.